The molecular weight excluding hydrogens is 398 g/mol. The average Bonchev–Trinajstić information content (AvgIpc) is 2.75. The van der Waals surface area contributed by atoms with Crippen molar-refractivity contribution in [3.63, 3.8) is 0 Å². The molecule has 5 heteroatoms. The van der Waals surface area contributed by atoms with E-state index in [0.717, 1.165) is 11.1 Å². The quantitative estimate of drug-likeness (QED) is 0.514. The normalized spacial score (nSPS) is 11.2. The third kappa shape index (κ3) is 4.39. The molecule has 0 spiro atoms. The maximum absolute atomic E-state index is 13.1. The number of rotatable bonds is 6. The number of carbonyl (C=O) groups is 2. The van der Waals surface area contributed by atoms with Gasteiger partial charge >= 0.3 is 0 Å². The zero-order valence-corrected chi connectivity index (χ0v) is 18.0. The highest BCUT2D eigenvalue weighted by molar-refractivity contribution is 6.67. The Kier molecular flexibility index (Phi) is 6.28. The number of phenols is 1. The molecular formula is C25H24ClNO3. The van der Waals surface area contributed by atoms with Crippen molar-refractivity contribution in [2.75, 3.05) is 11.4 Å². The van der Waals surface area contributed by atoms with Gasteiger partial charge in [-0.3, -0.25) is 9.59 Å². The van der Waals surface area contributed by atoms with Gasteiger partial charge in [0.25, 0.3) is 11.1 Å². The zero-order valence-electron chi connectivity index (χ0n) is 17.2. The van der Waals surface area contributed by atoms with Crippen molar-refractivity contribution in [2.45, 2.75) is 26.2 Å². The summed E-state index contributed by atoms with van der Waals surface area (Å²) in [5.74, 6) is 0.120. The van der Waals surface area contributed by atoms with Crippen LogP contribution in [0.4, 0.5) is 5.69 Å². The molecule has 0 heterocycles. The molecule has 1 N–H and O–H groups in total. The molecule has 0 saturated carbocycles. The van der Waals surface area contributed by atoms with Gasteiger partial charge in [0, 0.05) is 28.8 Å². The highest BCUT2D eigenvalue weighted by atomic mass is 35.5. The van der Waals surface area contributed by atoms with Crippen molar-refractivity contribution in [1.82, 2.24) is 0 Å². The van der Waals surface area contributed by atoms with E-state index in [0.29, 0.717) is 23.4 Å². The van der Waals surface area contributed by atoms with Crippen LogP contribution in [0.5, 0.6) is 5.75 Å². The molecule has 1 amide bonds. The maximum atomic E-state index is 13.1. The summed E-state index contributed by atoms with van der Waals surface area (Å²) in [6, 6.07) is 21.4. The van der Waals surface area contributed by atoms with E-state index in [9.17, 15) is 14.7 Å². The van der Waals surface area contributed by atoms with Gasteiger partial charge in [0.1, 0.15) is 5.75 Å². The first-order chi connectivity index (χ1) is 14.2. The fourth-order valence-corrected chi connectivity index (χ4v) is 3.57. The van der Waals surface area contributed by atoms with Crippen LogP contribution in [-0.2, 0) is 5.41 Å². The van der Waals surface area contributed by atoms with Crippen LogP contribution in [0.3, 0.4) is 0 Å². The topological polar surface area (TPSA) is 57.6 Å². The number of nitrogens with zero attached hydrogens (tertiary/aromatic N) is 1. The molecule has 154 valence electrons. The Labute approximate surface area is 181 Å². The number of benzene rings is 3. The fourth-order valence-electron chi connectivity index (χ4n) is 3.45. The summed E-state index contributed by atoms with van der Waals surface area (Å²) < 4.78 is 0. The summed E-state index contributed by atoms with van der Waals surface area (Å²) in [7, 11) is 0. The van der Waals surface area contributed by atoms with Crippen LogP contribution < -0.4 is 4.90 Å². The molecule has 3 aromatic rings. The molecule has 30 heavy (non-hydrogen) atoms. The molecule has 0 aliphatic carbocycles. The standard InChI is InChI=1S/C25H24ClNO3/c1-4-27(21-13-7-17(8-14-21)23(26)29)24(30)18-5-9-19(10-6-18)25(2,3)20-11-15-22(28)16-12-20/h5-16,28H,4H2,1-3H3. The minimum Gasteiger partial charge on any atom is -0.508 e. The first-order valence-corrected chi connectivity index (χ1v) is 10.1. The fraction of sp³-hybridized carbons (Fsp3) is 0.200. The van der Waals surface area contributed by atoms with E-state index < -0.39 is 5.24 Å². The SMILES string of the molecule is CCN(C(=O)c1ccc(C(C)(C)c2ccc(O)cc2)cc1)c1ccc(C(=O)Cl)cc1. The second kappa shape index (κ2) is 8.72. The highest BCUT2D eigenvalue weighted by Crippen LogP contribution is 2.32. The first-order valence-electron chi connectivity index (χ1n) is 9.76. The maximum Gasteiger partial charge on any atom is 0.258 e. The summed E-state index contributed by atoms with van der Waals surface area (Å²) in [4.78, 5) is 26.0. The van der Waals surface area contributed by atoms with Crippen LogP contribution in [-0.4, -0.2) is 22.8 Å². The van der Waals surface area contributed by atoms with Crippen LogP contribution in [0.15, 0.2) is 72.8 Å². The molecule has 0 atom stereocenters. The average molecular weight is 422 g/mol. The molecule has 0 radical (unpaired) electrons. The summed E-state index contributed by atoms with van der Waals surface area (Å²) in [5.41, 5.74) is 3.55. The predicted octanol–water partition coefficient (Wildman–Crippen LogP) is 5.76. The summed E-state index contributed by atoms with van der Waals surface area (Å²) >= 11 is 5.50. The molecule has 0 unspecified atom stereocenters. The van der Waals surface area contributed by atoms with Crippen LogP contribution >= 0.6 is 11.6 Å². The summed E-state index contributed by atoms with van der Waals surface area (Å²) in [6.07, 6.45) is 0. The van der Waals surface area contributed by atoms with Gasteiger partial charge in [-0.25, -0.2) is 0 Å². The van der Waals surface area contributed by atoms with Gasteiger partial charge in [0.05, 0.1) is 0 Å². The minimum absolute atomic E-state index is 0.114. The van der Waals surface area contributed by atoms with Crippen LogP contribution in [0.2, 0.25) is 0 Å². The number of hydrogen-bond donors (Lipinski definition) is 1. The Bertz CT molecular complexity index is 1040. The lowest BCUT2D eigenvalue weighted by Gasteiger charge is -2.27. The van der Waals surface area contributed by atoms with Crippen LogP contribution in [0.1, 0.15) is 52.6 Å². The number of amides is 1. The highest BCUT2D eigenvalue weighted by Gasteiger charge is 2.24. The van der Waals surface area contributed by atoms with Gasteiger partial charge in [-0.05, 0) is 78.2 Å². The van der Waals surface area contributed by atoms with E-state index in [-0.39, 0.29) is 17.1 Å². The third-order valence-corrected chi connectivity index (χ3v) is 5.63. The van der Waals surface area contributed by atoms with E-state index >= 15 is 0 Å². The molecule has 0 aliphatic rings. The number of phenolic OH excluding ortho intramolecular Hbond substituents is 1. The van der Waals surface area contributed by atoms with E-state index in [1.807, 2.05) is 43.3 Å². The van der Waals surface area contributed by atoms with Crippen molar-refractivity contribution in [1.29, 1.82) is 0 Å². The van der Waals surface area contributed by atoms with Gasteiger partial charge in [-0.1, -0.05) is 38.1 Å². The Hall–Kier alpha value is -3.11. The number of hydrogen-bond acceptors (Lipinski definition) is 3. The number of halogens is 1. The van der Waals surface area contributed by atoms with Crippen molar-refractivity contribution in [2.24, 2.45) is 0 Å². The Morgan fingerprint density at radius 2 is 1.30 bits per heavy atom. The van der Waals surface area contributed by atoms with Gasteiger partial charge in [0.2, 0.25) is 0 Å². The second-order valence-corrected chi connectivity index (χ2v) is 7.96. The number of anilines is 1. The monoisotopic (exact) mass is 421 g/mol. The van der Waals surface area contributed by atoms with Gasteiger partial charge in [-0.15, -0.1) is 0 Å². The molecule has 3 aromatic carbocycles. The molecule has 0 bridgehead atoms. The zero-order chi connectivity index (χ0) is 21.9. The van der Waals surface area contributed by atoms with Crippen molar-refractivity contribution in [3.05, 3.63) is 95.1 Å². The molecule has 0 aromatic heterocycles. The number of carbonyl (C=O) groups excluding carboxylic acids is 2. The molecule has 0 saturated heterocycles. The molecule has 0 aliphatic heterocycles. The van der Waals surface area contributed by atoms with Crippen molar-refractivity contribution < 1.29 is 14.7 Å². The Morgan fingerprint density at radius 1 is 0.833 bits per heavy atom. The summed E-state index contributed by atoms with van der Waals surface area (Å²) in [6.45, 7) is 6.61. The lowest BCUT2D eigenvalue weighted by atomic mass is 9.78. The first kappa shape index (κ1) is 21.6. The smallest absolute Gasteiger partial charge is 0.258 e. The Morgan fingerprint density at radius 3 is 1.77 bits per heavy atom. The van der Waals surface area contributed by atoms with Crippen LogP contribution in [0.25, 0.3) is 0 Å². The molecule has 0 fully saturated rings. The minimum atomic E-state index is -0.525. The van der Waals surface area contributed by atoms with E-state index in [1.165, 1.54) is 0 Å². The van der Waals surface area contributed by atoms with E-state index in [2.05, 4.69) is 13.8 Å². The largest absolute Gasteiger partial charge is 0.508 e. The van der Waals surface area contributed by atoms with Crippen molar-refractivity contribution >= 4 is 28.4 Å². The Balaban J connectivity index is 1.84. The van der Waals surface area contributed by atoms with Gasteiger partial charge < -0.3 is 10.0 Å². The van der Waals surface area contributed by atoms with Gasteiger partial charge in [0.15, 0.2) is 0 Å². The predicted molar refractivity (Wildman–Crippen MR) is 121 cm³/mol. The third-order valence-electron chi connectivity index (χ3n) is 5.41. The van der Waals surface area contributed by atoms with Crippen LogP contribution in [0, 0.1) is 0 Å². The summed E-state index contributed by atoms with van der Waals surface area (Å²) in [5, 5.41) is 9.01. The second-order valence-electron chi connectivity index (χ2n) is 7.62. The van der Waals surface area contributed by atoms with E-state index in [4.69, 9.17) is 11.6 Å². The van der Waals surface area contributed by atoms with Gasteiger partial charge in [-0.2, -0.15) is 0 Å². The van der Waals surface area contributed by atoms with Crippen molar-refractivity contribution in [3.8, 4) is 5.75 Å². The molecule has 3 rings (SSSR count). The molecule has 4 nitrogen and oxygen atoms in total. The lowest BCUT2D eigenvalue weighted by Crippen LogP contribution is -2.30. The number of aromatic hydroxyl groups is 1. The van der Waals surface area contributed by atoms with E-state index in [1.54, 1.807) is 41.3 Å². The lowest BCUT2D eigenvalue weighted by molar-refractivity contribution is 0.0988.